The summed E-state index contributed by atoms with van der Waals surface area (Å²) < 4.78 is 5.62. The predicted octanol–water partition coefficient (Wildman–Crippen LogP) is 4.73. The van der Waals surface area contributed by atoms with Gasteiger partial charge >= 0.3 is 0 Å². The molecule has 0 aliphatic carbocycles. The summed E-state index contributed by atoms with van der Waals surface area (Å²) in [6.07, 6.45) is 2.90. The molecule has 0 saturated heterocycles. The molecule has 1 aromatic carbocycles. The highest BCUT2D eigenvalue weighted by atomic mass is 35.5. The van der Waals surface area contributed by atoms with Gasteiger partial charge in [-0.25, -0.2) is 4.98 Å². The summed E-state index contributed by atoms with van der Waals surface area (Å²) in [5, 5.41) is 0.697. The summed E-state index contributed by atoms with van der Waals surface area (Å²) in [7, 11) is 0. The van der Waals surface area contributed by atoms with Crippen LogP contribution < -0.4 is 4.74 Å². The molecular formula is C15H16ClNO. The monoisotopic (exact) mass is 261 g/mol. The topological polar surface area (TPSA) is 22.1 Å². The van der Waals surface area contributed by atoms with Crippen LogP contribution in [0.4, 0.5) is 0 Å². The first-order valence-electron chi connectivity index (χ1n) is 6.02. The first kappa shape index (κ1) is 12.9. The molecule has 0 atom stereocenters. The minimum absolute atomic E-state index is 0.602. The third kappa shape index (κ3) is 3.74. The van der Waals surface area contributed by atoms with Gasteiger partial charge in [0, 0.05) is 17.3 Å². The van der Waals surface area contributed by atoms with Crippen molar-refractivity contribution in [3.05, 3.63) is 53.2 Å². The normalized spacial score (nSPS) is 10.7. The van der Waals surface area contributed by atoms with Crippen molar-refractivity contribution in [1.29, 1.82) is 0 Å². The zero-order valence-electron chi connectivity index (χ0n) is 10.6. The second-order valence-electron chi connectivity index (χ2n) is 4.66. The summed E-state index contributed by atoms with van der Waals surface area (Å²) in [5.41, 5.74) is 1.23. The molecule has 3 heteroatoms. The van der Waals surface area contributed by atoms with Crippen molar-refractivity contribution in [2.45, 2.75) is 20.3 Å². The van der Waals surface area contributed by atoms with Gasteiger partial charge in [-0.05, 0) is 42.2 Å². The van der Waals surface area contributed by atoms with Crippen molar-refractivity contribution in [3.8, 4) is 11.6 Å². The van der Waals surface area contributed by atoms with Crippen LogP contribution >= 0.6 is 11.6 Å². The van der Waals surface area contributed by atoms with Crippen molar-refractivity contribution in [3.63, 3.8) is 0 Å². The number of aromatic nitrogens is 1. The second-order valence-corrected chi connectivity index (χ2v) is 5.10. The third-order valence-electron chi connectivity index (χ3n) is 2.48. The Morgan fingerprint density at radius 1 is 1.11 bits per heavy atom. The van der Waals surface area contributed by atoms with E-state index < -0.39 is 0 Å². The van der Waals surface area contributed by atoms with E-state index in [-0.39, 0.29) is 0 Å². The number of benzene rings is 1. The van der Waals surface area contributed by atoms with Crippen LogP contribution in [0.25, 0.3) is 0 Å². The largest absolute Gasteiger partial charge is 0.439 e. The molecule has 2 nitrogen and oxygen atoms in total. The first-order chi connectivity index (χ1) is 8.63. The van der Waals surface area contributed by atoms with E-state index in [9.17, 15) is 0 Å². The van der Waals surface area contributed by atoms with Crippen LogP contribution in [0.15, 0.2) is 42.6 Å². The van der Waals surface area contributed by atoms with Crippen LogP contribution in [0.3, 0.4) is 0 Å². The zero-order chi connectivity index (χ0) is 13.0. The smallest absolute Gasteiger partial charge is 0.219 e. The summed E-state index contributed by atoms with van der Waals surface area (Å²) in [6, 6.07) is 11.2. The Kier molecular flexibility index (Phi) is 4.21. The van der Waals surface area contributed by atoms with Crippen molar-refractivity contribution >= 4 is 11.6 Å². The van der Waals surface area contributed by atoms with Crippen molar-refractivity contribution in [1.82, 2.24) is 4.98 Å². The van der Waals surface area contributed by atoms with Gasteiger partial charge in [0.05, 0.1) is 0 Å². The van der Waals surface area contributed by atoms with E-state index in [1.807, 2.05) is 24.4 Å². The molecule has 0 N–H and O–H groups in total. The van der Waals surface area contributed by atoms with Crippen molar-refractivity contribution in [2.24, 2.45) is 5.92 Å². The quantitative estimate of drug-likeness (QED) is 0.794. The Balaban J connectivity index is 2.04. The molecule has 2 aromatic rings. The highest BCUT2D eigenvalue weighted by Crippen LogP contribution is 2.21. The van der Waals surface area contributed by atoms with Crippen molar-refractivity contribution in [2.75, 3.05) is 0 Å². The molecule has 0 aliphatic rings. The van der Waals surface area contributed by atoms with E-state index in [4.69, 9.17) is 16.3 Å². The predicted molar refractivity (Wildman–Crippen MR) is 74.3 cm³/mol. The van der Waals surface area contributed by atoms with Crippen LogP contribution in [0.2, 0.25) is 5.02 Å². The molecule has 0 saturated carbocycles. The minimum atomic E-state index is 0.602. The average molecular weight is 262 g/mol. The van der Waals surface area contributed by atoms with E-state index in [1.165, 1.54) is 5.56 Å². The van der Waals surface area contributed by atoms with Crippen molar-refractivity contribution < 1.29 is 4.74 Å². The molecule has 94 valence electrons. The summed E-state index contributed by atoms with van der Waals surface area (Å²) in [4.78, 5) is 4.29. The van der Waals surface area contributed by atoms with E-state index in [0.29, 0.717) is 16.8 Å². The molecule has 0 fully saturated rings. The molecule has 0 radical (unpaired) electrons. The van der Waals surface area contributed by atoms with Gasteiger partial charge < -0.3 is 4.74 Å². The lowest BCUT2D eigenvalue weighted by Crippen LogP contribution is -1.95. The number of pyridine rings is 1. The van der Waals surface area contributed by atoms with E-state index in [0.717, 1.165) is 12.2 Å². The third-order valence-corrected chi connectivity index (χ3v) is 2.73. The SMILES string of the molecule is CC(C)Cc1ccc(Oc2ccc(Cl)cc2)nc1. The summed E-state index contributed by atoms with van der Waals surface area (Å²) in [5.74, 6) is 1.98. The van der Waals surface area contributed by atoms with Gasteiger partial charge in [-0.3, -0.25) is 0 Å². The van der Waals surface area contributed by atoms with E-state index in [2.05, 4.69) is 24.9 Å². The Bertz CT molecular complexity index is 491. The zero-order valence-corrected chi connectivity index (χ0v) is 11.3. The highest BCUT2D eigenvalue weighted by Gasteiger charge is 2.01. The lowest BCUT2D eigenvalue weighted by Gasteiger charge is -2.07. The molecule has 0 aliphatic heterocycles. The van der Waals surface area contributed by atoms with Gasteiger partial charge in [-0.2, -0.15) is 0 Å². The van der Waals surface area contributed by atoms with Gasteiger partial charge in [0.25, 0.3) is 0 Å². The molecule has 2 rings (SSSR count). The van der Waals surface area contributed by atoms with Crippen LogP contribution in [0.1, 0.15) is 19.4 Å². The molecular weight excluding hydrogens is 246 g/mol. The maximum Gasteiger partial charge on any atom is 0.219 e. The van der Waals surface area contributed by atoms with Crippen LogP contribution in [0, 0.1) is 5.92 Å². The molecule has 0 amide bonds. The summed E-state index contributed by atoms with van der Waals surface area (Å²) >= 11 is 5.81. The van der Waals surface area contributed by atoms with Gasteiger partial charge in [-0.15, -0.1) is 0 Å². The Morgan fingerprint density at radius 2 is 1.83 bits per heavy atom. The lowest BCUT2D eigenvalue weighted by molar-refractivity contribution is 0.462. The van der Waals surface area contributed by atoms with Crippen LogP contribution in [0.5, 0.6) is 11.6 Å². The molecule has 0 bridgehead atoms. The Hall–Kier alpha value is -1.54. The Morgan fingerprint density at radius 3 is 2.39 bits per heavy atom. The van der Waals surface area contributed by atoms with Gasteiger partial charge in [0.1, 0.15) is 5.75 Å². The number of hydrogen-bond acceptors (Lipinski definition) is 2. The summed E-state index contributed by atoms with van der Waals surface area (Å²) in [6.45, 7) is 4.39. The molecule has 0 unspecified atom stereocenters. The lowest BCUT2D eigenvalue weighted by atomic mass is 10.1. The second kappa shape index (κ2) is 5.87. The standard InChI is InChI=1S/C15H16ClNO/c1-11(2)9-12-3-8-15(17-10-12)18-14-6-4-13(16)5-7-14/h3-8,10-11H,9H2,1-2H3. The van der Waals surface area contributed by atoms with Gasteiger partial charge in [-0.1, -0.05) is 31.5 Å². The molecule has 1 aromatic heterocycles. The first-order valence-corrected chi connectivity index (χ1v) is 6.39. The fourth-order valence-corrected chi connectivity index (χ4v) is 1.81. The minimum Gasteiger partial charge on any atom is -0.439 e. The fraction of sp³-hybridized carbons (Fsp3) is 0.267. The number of halogens is 1. The average Bonchev–Trinajstić information content (AvgIpc) is 2.34. The number of hydrogen-bond donors (Lipinski definition) is 0. The van der Waals surface area contributed by atoms with Crippen LogP contribution in [-0.4, -0.2) is 4.98 Å². The van der Waals surface area contributed by atoms with E-state index >= 15 is 0 Å². The molecule has 0 spiro atoms. The maximum atomic E-state index is 5.81. The highest BCUT2D eigenvalue weighted by molar-refractivity contribution is 6.30. The van der Waals surface area contributed by atoms with Crippen LogP contribution in [-0.2, 0) is 6.42 Å². The Labute approximate surface area is 113 Å². The maximum absolute atomic E-state index is 5.81. The number of rotatable bonds is 4. The number of ether oxygens (including phenoxy) is 1. The van der Waals surface area contributed by atoms with E-state index in [1.54, 1.807) is 12.1 Å². The molecule has 18 heavy (non-hydrogen) atoms. The fourth-order valence-electron chi connectivity index (χ4n) is 1.69. The van der Waals surface area contributed by atoms with Gasteiger partial charge in [0.2, 0.25) is 5.88 Å². The van der Waals surface area contributed by atoms with Gasteiger partial charge in [0.15, 0.2) is 0 Å². The molecule has 1 heterocycles. The number of nitrogens with zero attached hydrogens (tertiary/aromatic N) is 1.